The fourth-order valence-electron chi connectivity index (χ4n) is 2.16. The number of rotatable bonds is 2. The zero-order valence-electron chi connectivity index (χ0n) is 9.04. The van der Waals surface area contributed by atoms with Crippen molar-refractivity contribution in [1.29, 1.82) is 0 Å². The molecule has 1 unspecified atom stereocenters. The largest absolute Gasteiger partial charge is 0.398 e. The summed E-state index contributed by atoms with van der Waals surface area (Å²) in [5.41, 5.74) is 7.37. The molecule has 0 aromatic heterocycles. The van der Waals surface area contributed by atoms with Crippen LogP contribution >= 0.6 is 0 Å². The lowest BCUT2D eigenvalue weighted by atomic mass is 10.1. The molecular weight excluding hydrogens is 191 g/mol. The molecule has 0 spiro atoms. The summed E-state index contributed by atoms with van der Waals surface area (Å²) in [6.07, 6.45) is 2.50. The average molecular weight is 208 g/mol. The number of likely N-dealkylation sites (tertiary alicyclic amines) is 1. The van der Waals surface area contributed by atoms with E-state index in [1.54, 1.807) is 6.07 Å². The van der Waals surface area contributed by atoms with Crippen molar-refractivity contribution >= 4 is 5.69 Å². The average Bonchev–Trinajstić information content (AvgIpc) is 2.57. The summed E-state index contributed by atoms with van der Waals surface area (Å²) in [5.74, 6) is -0.259. The number of halogens is 1. The normalized spacial score (nSPS) is 22.1. The summed E-state index contributed by atoms with van der Waals surface area (Å²) in [6.45, 7) is 4.19. The minimum Gasteiger partial charge on any atom is -0.398 e. The van der Waals surface area contributed by atoms with Crippen LogP contribution in [0.3, 0.4) is 0 Å². The molecule has 15 heavy (non-hydrogen) atoms. The number of hydrogen-bond acceptors (Lipinski definition) is 2. The van der Waals surface area contributed by atoms with Gasteiger partial charge in [-0.25, -0.2) is 4.39 Å². The molecule has 1 atom stereocenters. The minimum atomic E-state index is -0.259. The van der Waals surface area contributed by atoms with Gasteiger partial charge in [0.1, 0.15) is 5.82 Å². The van der Waals surface area contributed by atoms with Gasteiger partial charge in [-0.2, -0.15) is 0 Å². The molecule has 0 bridgehead atoms. The van der Waals surface area contributed by atoms with E-state index < -0.39 is 0 Å². The van der Waals surface area contributed by atoms with E-state index in [1.807, 2.05) is 0 Å². The van der Waals surface area contributed by atoms with Gasteiger partial charge in [0, 0.05) is 18.3 Å². The number of benzene rings is 1. The van der Waals surface area contributed by atoms with Crippen molar-refractivity contribution in [3.8, 4) is 0 Å². The second-order valence-corrected chi connectivity index (χ2v) is 4.30. The molecule has 0 aliphatic carbocycles. The Morgan fingerprint density at radius 3 is 2.93 bits per heavy atom. The van der Waals surface area contributed by atoms with Crippen LogP contribution in [0.25, 0.3) is 0 Å². The molecular formula is C12H17FN2. The van der Waals surface area contributed by atoms with Crippen molar-refractivity contribution in [2.24, 2.45) is 0 Å². The van der Waals surface area contributed by atoms with Gasteiger partial charge in [0.25, 0.3) is 0 Å². The van der Waals surface area contributed by atoms with Crippen LogP contribution in [0.2, 0.25) is 0 Å². The van der Waals surface area contributed by atoms with E-state index in [1.165, 1.54) is 25.0 Å². The van der Waals surface area contributed by atoms with Crippen LogP contribution in [0.1, 0.15) is 25.3 Å². The highest BCUT2D eigenvalue weighted by atomic mass is 19.1. The number of anilines is 1. The Hall–Kier alpha value is -1.09. The second kappa shape index (κ2) is 4.19. The van der Waals surface area contributed by atoms with Gasteiger partial charge in [0.05, 0.1) is 0 Å². The van der Waals surface area contributed by atoms with Crippen LogP contribution < -0.4 is 5.73 Å². The minimum absolute atomic E-state index is 0.259. The zero-order chi connectivity index (χ0) is 10.8. The topological polar surface area (TPSA) is 29.3 Å². The van der Waals surface area contributed by atoms with Crippen molar-refractivity contribution in [1.82, 2.24) is 4.90 Å². The van der Waals surface area contributed by atoms with Crippen LogP contribution in [-0.2, 0) is 6.54 Å². The fourth-order valence-corrected chi connectivity index (χ4v) is 2.16. The standard InChI is InChI=1S/C12H17FN2/c1-9-3-2-6-15(9)8-10-4-5-11(13)7-12(10)14/h4-5,7,9H,2-3,6,8,14H2,1H3. The van der Waals surface area contributed by atoms with Crippen LogP contribution in [0.15, 0.2) is 18.2 Å². The summed E-state index contributed by atoms with van der Waals surface area (Å²) in [7, 11) is 0. The van der Waals surface area contributed by atoms with Crippen molar-refractivity contribution in [3.05, 3.63) is 29.6 Å². The van der Waals surface area contributed by atoms with E-state index in [2.05, 4.69) is 11.8 Å². The van der Waals surface area contributed by atoms with Gasteiger partial charge in [-0.15, -0.1) is 0 Å². The molecule has 1 aromatic carbocycles. The molecule has 0 amide bonds. The second-order valence-electron chi connectivity index (χ2n) is 4.30. The van der Waals surface area contributed by atoms with Gasteiger partial charge >= 0.3 is 0 Å². The molecule has 2 rings (SSSR count). The van der Waals surface area contributed by atoms with Gasteiger partial charge in [-0.05, 0) is 44.0 Å². The van der Waals surface area contributed by atoms with Gasteiger partial charge in [-0.1, -0.05) is 6.07 Å². The molecule has 1 aliphatic rings. The summed E-state index contributed by atoms with van der Waals surface area (Å²) < 4.78 is 12.8. The Bertz CT molecular complexity index is 351. The van der Waals surface area contributed by atoms with Crippen LogP contribution in [0.5, 0.6) is 0 Å². The third-order valence-corrected chi connectivity index (χ3v) is 3.17. The highest BCUT2D eigenvalue weighted by molar-refractivity contribution is 5.46. The Labute approximate surface area is 89.9 Å². The third-order valence-electron chi connectivity index (χ3n) is 3.17. The zero-order valence-corrected chi connectivity index (χ0v) is 9.04. The number of nitrogen functional groups attached to an aromatic ring is 1. The van der Waals surface area contributed by atoms with Gasteiger partial charge < -0.3 is 5.73 Å². The Morgan fingerprint density at radius 2 is 2.33 bits per heavy atom. The molecule has 2 nitrogen and oxygen atoms in total. The van der Waals surface area contributed by atoms with E-state index in [0.29, 0.717) is 11.7 Å². The van der Waals surface area contributed by atoms with E-state index >= 15 is 0 Å². The van der Waals surface area contributed by atoms with Crippen molar-refractivity contribution < 1.29 is 4.39 Å². The molecule has 82 valence electrons. The van der Waals surface area contributed by atoms with Crippen LogP contribution in [0, 0.1) is 5.82 Å². The van der Waals surface area contributed by atoms with Gasteiger partial charge in [0.15, 0.2) is 0 Å². The van der Waals surface area contributed by atoms with Gasteiger partial charge in [-0.3, -0.25) is 4.90 Å². The number of hydrogen-bond donors (Lipinski definition) is 1. The molecule has 1 heterocycles. The molecule has 2 N–H and O–H groups in total. The van der Waals surface area contributed by atoms with E-state index in [4.69, 9.17) is 5.73 Å². The monoisotopic (exact) mass is 208 g/mol. The lowest BCUT2D eigenvalue weighted by Crippen LogP contribution is -2.26. The van der Waals surface area contributed by atoms with Crippen molar-refractivity contribution in [2.75, 3.05) is 12.3 Å². The smallest absolute Gasteiger partial charge is 0.125 e. The molecule has 0 radical (unpaired) electrons. The molecule has 0 saturated carbocycles. The third kappa shape index (κ3) is 2.29. The van der Waals surface area contributed by atoms with E-state index in [0.717, 1.165) is 18.7 Å². The quantitative estimate of drug-likeness (QED) is 0.756. The van der Waals surface area contributed by atoms with Crippen LogP contribution in [-0.4, -0.2) is 17.5 Å². The van der Waals surface area contributed by atoms with E-state index in [9.17, 15) is 4.39 Å². The predicted molar refractivity (Wildman–Crippen MR) is 59.9 cm³/mol. The lowest BCUT2D eigenvalue weighted by molar-refractivity contribution is 0.261. The maximum absolute atomic E-state index is 12.8. The first-order chi connectivity index (χ1) is 7.16. The maximum Gasteiger partial charge on any atom is 0.125 e. The predicted octanol–water partition coefficient (Wildman–Crippen LogP) is 2.39. The summed E-state index contributed by atoms with van der Waals surface area (Å²) in [5, 5.41) is 0. The van der Waals surface area contributed by atoms with E-state index in [-0.39, 0.29) is 5.82 Å². The first-order valence-electron chi connectivity index (χ1n) is 5.45. The Morgan fingerprint density at radius 1 is 1.53 bits per heavy atom. The summed E-state index contributed by atoms with van der Waals surface area (Å²) >= 11 is 0. The highest BCUT2D eigenvalue weighted by Crippen LogP contribution is 2.22. The first kappa shape index (κ1) is 10.4. The Kier molecular flexibility index (Phi) is 2.91. The maximum atomic E-state index is 12.8. The lowest BCUT2D eigenvalue weighted by Gasteiger charge is -2.21. The number of nitrogens with zero attached hydrogens (tertiary/aromatic N) is 1. The van der Waals surface area contributed by atoms with Crippen molar-refractivity contribution in [2.45, 2.75) is 32.4 Å². The summed E-state index contributed by atoms with van der Waals surface area (Å²) in [6, 6.07) is 5.28. The Balaban J connectivity index is 2.10. The SMILES string of the molecule is CC1CCCN1Cc1ccc(F)cc1N. The first-order valence-corrected chi connectivity index (χ1v) is 5.45. The molecule has 1 fully saturated rings. The molecule has 1 aromatic rings. The molecule has 1 aliphatic heterocycles. The van der Waals surface area contributed by atoms with Gasteiger partial charge in [0.2, 0.25) is 0 Å². The summed E-state index contributed by atoms with van der Waals surface area (Å²) in [4.78, 5) is 2.39. The van der Waals surface area contributed by atoms with Crippen LogP contribution in [0.4, 0.5) is 10.1 Å². The van der Waals surface area contributed by atoms with Crippen molar-refractivity contribution in [3.63, 3.8) is 0 Å². The fraction of sp³-hybridized carbons (Fsp3) is 0.500. The number of nitrogens with two attached hydrogens (primary N) is 1. The highest BCUT2D eigenvalue weighted by Gasteiger charge is 2.20. The molecule has 3 heteroatoms. The molecule has 1 saturated heterocycles.